The number of benzene rings is 3. The van der Waals surface area contributed by atoms with Crippen LogP contribution >= 0.6 is 0 Å². The van der Waals surface area contributed by atoms with Crippen LogP contribution in [0.25, 0.3) is 0 Å². The van der Waals surface area contributed by atoms with E-state index < -0.39 is 22.5 Å². The van der Waals surface area contributed by atoms with Crippen LogP contribution < -0.4 is 24.5 Å². The molecule has 0 atom stereocenters. The van der Waals surface area contributed by atoms with Gasteiger partial charge in [-0.25, -0.2) is 13.8 Å². The molecule has 194 valence electrons. The van der Waals surface area contributed by atoms with E-state index in [1.165, 1.54) is 39.3 Å². The maximum Gasteiger partial charge on any atom is 0.264 e. The van der Waals surface area contributed by atoms with Crippen LogP contribution in [0.2, 0.25) is 0 Å². The number of nitrogens with zero attached hydrogens (tertiary/aromatic N) is 2. The van der Waals surface area contributed by atoms with Gasteiger partial charge < -0.3 is 14.8 Å². The molecule has 0 saturated heterocycles. The number of hydrogen-bond donors (Lipinski definition) is 2. The average molecular weight is 525 g/mol. The second-order valence-corrected chi connectivity index (χ2v) is 9.72. The van der Waals surface area contributed by atoms with Gasteiger partial charge in [0, 0.05) is 18.7 Å². The molecule has 0 unspecified atom stereocenters. The van der Waals surface area contributed by atoms with Gasteiger partial charge in [0.15, 0.2) is 11.5 Å². The minimum atomic E-state index is -4.16. The lowest BCUT2D eigenvalue weighted by Crippen LogP contribution is -2.39. The number of para-hydroxylation sites is 1. The topological polar surface area (TPSA) is 126 Å². The predicted molar refractivity (Wildman–Crippen MR) is 142 cm³/mol. The Kier molecular flexibility index (Phi) is 8.86. The highest BCUT2D eigenvalue weighted by molar-refractivity contribution is 7.92. The lowest BCUT2D eigenvalue weighted by Gasteiger charge is -2.24. The minimum absolute atomic E-state index is 0.0688. The molecule has 0 aliphatic rings. The van der Waals surface area contributed by atoms with Crippen molar-refractivity contribution in [3.8, 4) is 11.5 Å². The van der Waals surface area contributed by atoms with Crippen molar-refractivity contribution in [1.82, 2.24) is 5.43 Å². The summed E-state index contributed by atoms with van der Waals surface area (Å²) in [5, 5.41) is 6.78. The molecule has 0 bridgehead atoms. The van der Waals surface area contributed by atoms with Crippen LogP contribution in [0.3, 0.4) is 0 Å². The Morgan fingerprint density at radius 3 is 2.14 bits per heavy atom. The highest BCUT2D eigenvalue weighted by atomic mass is 32.2. The maximum absolute atomic E-state index is 13.6. The Morgan fingerprint density at radius 1 is 0.892 bits per heavy atom. The standard InChI is InChI=1S/C26H28N4O6S/c1-18(20-10-12-21(13-11-20)27-19(2)31)28-29-26(32)17-30(22-8-6-5-7-9-22)37(33,34)23-14-15-24(35-3)25(16-23)36-4/h5-16H,17H2,1-4H3,(H,27,31)(H,29,32)/b28-18-. The summed E-state index contributed by atoms with van der Waals surface area (Å²) in [5.74, 6) is -0.204. The van der Waals surface area contributed by atoms with Gasteiger partial charge in [-0.2, -0.15) is 5.10 Å². The normalized spacial score (nSPS) is 11.4. The molecule has 0 heterocycles. The molecular formula is C26H28N4O6S. The number of hydrogen-bond acceptors (Lipinski definition) is 7. The number of amides is 2. The van der Waals surface area contributed by atoms with Crippen LogP contribution in [-0.4, -0.2) is 46.7 Å². The van der Waals surface area contributed by atoms with Gasteiger partial charge >= 0.3 is 0 Å². The number of sulfonamides is 1. The number of anilines is 2. The number of hydrazone groups is 1. The Morgan fingerprint density at radius 2 is 1.54 bits per heavy atom. The summed E-state index contributed by atoms with van der Waals surface area (Å²) in [4.78, 5) is 23.9. The number of carbonyl (C=O) groups excluding carboxylic acids is 2. The molecule has 0 aliphatic carbocycles. The van der Waals surface area contributed by atoms with Gasteiger partial charge in [-0.15, -0.1) is 0 Å². The van der Waals surface area contributed by atoms with Crippen LogP contribution in [0, 0.1) is 0 Å². The number of rotatable bonds is 10. The monoisotopic (exact) mass is 524 g/mol. The third-order valence-electron chi connectivity index (χ3n) is 5.25. The highest BCUT2D eigenvalue weighted by Crippen LogP contribution is 2.32. The first kappa shape index (κ1) is 27.2. The lowest BCUT2D eigenvalue weighted by atomic mass is 10.1. The number of methoxy groups -OCH3 is 2. The molecule has 0 radical (unpaired) electrons. The van der Waals surface area contributed by atoms with E-state index in [4.69, 9.17) is 9.47 Å². The smallest absolute Gasteiger partial charge is 0.264 e. The van der Waals surface area contributed by atoms with E-state index in [1.807, 2.05) is 0 Å². The number of nitrogens with one attached hydrogen (secondary N) is 2. The Bertz CT molecular complexity index is 1390. The van der Waals surface area contributed by atoms with E-state index in [9.17, 15) is 18.0 Å². The summed E-state index contributed by atoms with van der Waals surface area (Å²) in [6, 6.07) is 19.4. The first-order valence-corrected chi connectivity index (χ1v) is 12.6. The van der Waals surface area contributed by atoms with Crippen LogP contribution in [-0.2, 0) is 19.6 Å². The molecule has 0 saturated carbocycles. The van der Waals surface area contributed by atoms with Crippen LogP contribution in [0.15, 0.2) is 82.8 Å². The molecule has 2 N–H and O–H groups in total. The quantitative estimate of drug-likeness (QED) is 0.309. The van der Waals surface area contributed by atoms with Crippen molar-refractivity contribution in [3.63, 3.8) is 0 Å². The zero-order chi connectivity index (χ0) is 27.0. The van der Waals surface area contributed by atoms with E-state index in [1.54, 1.807) is 61.5 Å². The van der Waals surface area contributed by atoms with Crippen molar-refractivity contribution in [2.75, 3.05) is 30.4 Å². The summed E-state index contributed by atoms with van der Waals surface area (Å²) in [7, 11) is -1.30. The molecule has 0 fully saturated rings. The van der Waals surface area contributed by atoms with Crippen LogP contribution in [0.1, 0.15) is 19.4 Å². The van der Waals surface area contributed by atoms with Gasteiger partial charge in [0.05, 0.1) is 30.5 Å². The Hall–Kier alpha value is -4.38. The van der Waals surface area contributed by atoms with Gasteiger partial charge in [-0.1, -0.05) is 30.3 Å². The zero-order valence-electron chi connectivity index (χ0n) is 20.9. The first-order valence-electron chi connectivity index (χ1n) is 11.2. The molecule has 3 aromatic carbocycles. The fourth-order valence-electron chi connectivity index (χ4n) is 3.39. The summed E-state index contributed by atoms with van der Waals surface area (Å²) in [5.41, 5.74) is 4.57. The molecule has 10 nitrogen and oxygen atoms in total. The molecule has 0 aromatic heterocycles. The minimum Gasteiger partial charge on any atom is -0.493 e. The van der Waals surface area contributed by atoms with Crippen molar-refractivity contribution in [1.29, 1.82) is 0 Å². The van der Waals surface area contributed by atoms with Crippen molar-refractivity contribution in [3.05, 3.63) is 78.4 Å². The Balaban J connectivity index is 1.83. The van der Waals surface area contributed by atoms with E-state index >= 15 is 0 Å². The van der Waals surface area contributed by atoms with E-state index in [-0.39, 0.29) is 16.6 Å². The fourth-order valence-corrected chi connectivity index (χ4v) is 4.83. The maximum atomic E-state index is 13.6. The van der Waals surface area contributed by atoms with Gasteiger partial charge in [-0.3, -0.25) is 13.9 Å². The second kappa shape index (κ2) is 12.0. The van der Waals surface area contributed by atoms with Gasteiger partial charge in [0.2, 0.25) is 5.91 Å². The number of ether oxygens (including phenoxy) is 2. The van der Waals surface area contributed by atoms with Crippen molar-refractivity contribution >= 4 is 38.9 Å². The van der Waals surface area contributed by atoms with Crippen molar-refractivity contribution < 1.29 is 27.5 Å². The molecule has 3 rings (SSSR count). The van der Waals surface area contributed by atoms with E-state index in [0.717, 1.165) is 4.31 Å². The van der Waals surface area contributed by atoms with Crippen molar-refractivity contribution in [2.45, 2.75) is 18.7 Å². The predicted octanol–water partition coefficient (Wildman–Crippen LogP) is 3.40. The molecule has 0 spiro atoms. The fraction of sp³-hybridized carbons (Fsp3) is 0.192. The first-order chi connectivity index (χ1) is 17.6. The lowest BCUT2D eigenvalue weighted by molar-refractivity contribution is -0.119. The number of carbonyl (C=O) groups is 2. The van der Waals surface area contributed by atoms with Crippen LogP contribution in [0.4, 0.5) is 11.4 Å². The molecule has 0 aliphatic heterocycles. The average Bonchev–Trinajstić information content (AvgIpc) is 2.90. The van der Waals surface area contributed by atoms with Gasteiger partial charge in [0.1, 0.15) is 6.54 Å². The third-order valence-corrected chi connectivity index (χ3v) is 7.02. The molecular weight excluding hydrogens is 496 g/mol. The highest BCUT2D eigenvalue weighted by Gasteiger charge is 2.28. The largest absolute Gasteiger partial charge is 0.493 e. The van der Waals surface area contributed by atoms with E-state index in [2.05, 4.69) is 15.8 Å². The van der Waals surface area contributed by atoms with E-state index in [0.29, 0.717) is 28.4 Å². The second-order valence-electron chi connectivity index (χ2n) is 7.85. The SMILES string of the molecule is COc1ccc(S(=O)(=O)N(CC(=O)N/N=C(/C)c2ccc(NC(C)=O)cc2)c2ccccc2)cc1OC. The summed E-state index contributed by atoms with van der Waals surface area (Å²) in [6.07, 6.45) is 0. The van der Waals surface area contributed by atoms with Gasteiger partial charge in [-0.05, 0) is 48.9 Å². The summed E-state index contributed by atoms with van der Waals surface area (Å²) in [6.45, 7) is 2.60. The summed E-state index contributed by atoms with van der Waals surface area (Å²) < 4.78 is 38.6. The molecule has 11 heteroatoms. The third kappa shape index (κ3) is 6.85. The van der Waals surface area contributed by atoms with Crippen molar-refractivity contribution in [2.24, 2.45) is 5.10 Å². The molecule has 2 amide bonds. The van der Waals surface area contributed by atoms with Gasteiger partial charge in [0.25, 0.3) is 15.9 Å². The Labute approximate surface area is 216 Å². The molecule has 3 aromatic rings. The molecule has 37 heavy (non-hydrogen) atoms. The zero-order valence-corrected chi connectivity index (χ0v) is 21.7. The summed E-state index contributed by atoms with van der Waals surface area (Å²) >= 11 is 0. The van der Waals surface area contributed by atoms with Crippen LogP contribution in [0.5, 0.6) is 11.5 Å².